The number of halogens is 1. The number of rotatable bonds is 4. The zero-order chi connectivity index (χ0) is 13.2. The lowest BCUT2D eigenvalue weighted by atomic mass is 10.2. The fourth-order valence-corrected chi connectivity index (χ4v) is 3.31. The maximum absolute atomic E-state index is 11.7. The fraction of sp³-hybridized carbons (Fsp3) is 0.182. The molecule has 0 aliphatic rings. The third-order valence-corrected chi connectivity index (χ3v) is 4.59. The Bertz CT molecular complexity index is 639. The highest BCUT2D eigenvalue weighted by atomic mass is 35.5. The highest BCUT2D eigenvalue weighted by Gasteiger charge is 2.15. The summed E-state index contributed by atoms with van der Waals surface area (Å²) in [5, 5.41) is 6.06. The van der Waals surface area contributed by atoms with Crippen LogP contribution in [0, 0.1) is 0 Å². The first-order chi connectivity index (χ1) is 8.48. The molecule has 4 nitrogen and oxygen atoms in total. The predicted octanol–water partition coefficient (Wildman–Crippen LogP) is 2.81. The molecule has 18 heavy (non-hydrogen) atoms. The lowest BCUT2D eigenvalue weighted by Crippen LogP contribution is -2.07. The monoisotopic (exact) mass is 302 g/mol. The minimum absolute atomic E-state index is 0.249. The topological polar surface area (TPSA) is 59.1 Å². The van der Waals surface area contributed by atoms with Crippen LogP contribution in [-0.2, 0) is 16.4 Å². The SMILES string of the molecule is CS(=O)(=O)c1cccc(Cl)c1CNc1nccs1. The van der Waals surface area contributed by atoms with Crippen LogP contribution in [-0.4, -0.2) is 19.7 Å². The second-order valence-electron chi connectivity index (χ2n) is 3.68. The number of nitrogens with zero attached hydrogens (tertiary/aromatic N) is 1. The normalized spacial score (nSPS) is 11.4. The lowest BCUT2D eigenvalue weighted by molar-refractivity contribution is 0.601. The number of thiazole rings is 1. The van der Waals surface area contributed by atoms with Crippen molar-refractivity contribution in [1.82, 2.24) is 4.98 Å². The van der Waals surface area contributed by atoms with E-state index in [2.05, 4.69) is 10.3 Å². The van der Waals surface area contributed by atoms with Crippen molar-refractivity contribution in [1.29, 1.82) is 0 Å². The maximum atomic E-state index is 11.7. The molecule has 0 bridgehead atoms. The molecule has 0 fully saturated rings. The largest absolute Gasteiger partial charge is 0.357 e. The zero-order valence-corrected chi connectivity index (χ0v) is 11.9. The van der Waals surface area contributed by atoms with Gasteiger partial charge in [0.15, 0.2) is 15.0 Å². The molecule has 1 heterocycles. The molecule has 2 aromatic rings. The number of sulfone groups is 1. The highest BCUT2D eigenvalue weighted by molar-refractivity contribution is 7.90. The van der Waals surface area contributed by atoms with Crippen molar-refractivity contribution in [3.63, 3.8) is 0 Å². The Morgan fingerprint density at radius 1 is 1.44 bits per heavy atom. The standard InChI is InChI=1S/C11H11ClN2O2S2/c1-18(15,16)10-4-2-3-9(12)8(10)7-14-11-13-5-6-17-11/h2-6H,7H2,1H3,(H,13,14). The number of nitrogens with one attached hydrogen (secondary N) is 1. The molecule has 1 aromatic carbocycles. The molecule has 0 aliphatic heterocycles. The number of hydrogen-bond donors (Lipinski definition) is 1. The summed E-state index contributed by atoms with van der Waals surface area (Å²) in [6.45, 7) is 0.329. The minimum atomic E-state index is -3.29. The highest BCUT2D eigenvalue weighted by Crippen LogP contribution is 2.25. The molecule has 0 atom stereocenters. The first kappa shape index (κ1) is 13.3. The van der Waals surface area contributed by atoms with Gasteiger partial charge in [-0.05, 0) is 12.1 Å². The Morgan fingerprint density at radius 2 is 2.22 bits per heavy atom. The Kier molecular flexibility index (Phi) is 3.89. The molecule has 0 spiro atoms. The Labute approximate surface area is 115 Å². The van der Waals surface area contributed by atoms with Crippen molar-refractivity contribution in [2.75, 3.05) is 11.6 Å². The Hall–Kier alpha value is -1.11. The van der Waals surface area contributed by atoms with Crippen molar-refractivity contribution in [3.05, 3.63) is 40.4 Å². The van der Waals surface area contributed by atoms with E-state index in [4.69, 9.17) is 11.6 Å². The van der Waals surface area contributed by atoms with Gasteiger partial charge in [0.05, 0.1) is 4.90 Å². The van der Waals surface area contributed by atoms with Crippen molar-refractivity contribution in [3.8, 4) is 0 Å². The van der Waals surface area contributed by atoms with E-state index in [0.29, 0.717) is 17.1 Å². The van der Waals surface area contributed by atoms with Gasteiger partial charge < -0.3 is 5.32 Å². The predicted molar refractivity (Wildman–Crippen MR) is 74.0 cm³/mol. The molecule has 0 unspecified atom stereocenters. The Morgan fingerprint density at radius 3 is 2.83 bits per heavy atom. The molecule has 0 radical (unpaired) electrons. The fourth-order valence-electron chi connectivity index (χ4n) is 1.53. The van der Waals surface area contributed by atoms with E-state index in [1.165, 1.54) is 17.6 Å². The lowest BCUT2D eigenvalue weighted by Gasteiger charge is -2.10. The van der Waals surface area contributed by atoms with Crippen LogP contribution < -0.4 is 5.32 Å². The molecule has 96 valence electrons. The number of hydrogen-bond acceptors (Lipinski definition) is 5. The van der Waals surface area contributed by atoms with Crippen molar-refractivity contribution in [2.24, 2.45) is 0 Å². The summed E-state index contributed by atoms with van der Waals surface area (Å²) in [4.78, 5) is 4.32. The Balaban J connectivity index is 2.32. The average molecular weight is 303 g/mol. The van der Waals surface area contributed by atoms with E-state index in [1.807, 2.05) is 5.38 Å². The van der Waals surface area contributed by atoms with E-state index < -0.39 is 9.84 Å². The summed E-state index contributed by atoms with van der Waals surface area (Å²) in [5.74, 6) is 0. The molecule has 0 saturated heterocycles. The second kappa shape index (κ2) is 5.26. The van der Waals surface area contributed by atoms with Gasteiger partial charge in [-0.3, -0.25) is 0 Å². The van der Waals surface area contributed by atoms with E-state index in [0.717, 1.165) is 5.13 Å². The smallest absolute Gasteiger partial charge is 0.182 e. The van der Waals surface area contributed by atoms with Crippen LogP contribution >= 0.6 is 22.9 Å². The quantitative estimate of drug-likeness (QED) is 0.943. The molecule has 0 aliphatic carbocycles. The van der Waals surface area contributed by atoms with Gasteiger partial charge in [-0.1, -0.05) is 17.7 Å². The van der Waals surface area contributed by atoms with Crippen molar-refractivity contribution in [2.45, 2.75) is 11.4 Å². The van der Waals surface area contributed by atoms with E-state index in [1.54, 1.807) is 24.4 Å². The summed E-state index contributed by atoms with van der Waals surface area (Å²) in [6.07, 6.45) is 2.85. The molecule has 7 heteroatoms. The zero-order valence-electron chi connectivity index (χ0n) is 9.55. The van der Waals surface area contributed by atoms with Gasteiger partial charge in [-0.25, -0.2) is 13.4 Å². The second-order valence-corrected chi connectivity index (χ2v) is 6.97. The number of anilines is 1. The molecule has 0 saturated carbocycles. The summed E-state index contributed by atoms with van der Waals surface area (Å²) < 4.78 is 23.3. The number of benzene rings is 1. The number of aromatic nitrogens is 1. The van der Waals surface area contributed by atoms with Crippen LogP contribution in [0.1, 0.15) is 5.56 Å². The molecule has 0 amide bonds. The van der Waals surface area contributed by atoms with Gasteiger partial charge in [0.25, 0.3) is 0 Å². The van der Waals surface area contributed by atoms with Crippen LogP contribution in [0.5, 0.6) is 0 Å². The van der Waals surface area contributed by atoms with Crippen LogP contribution in [0.15, 0.2) is 34.7 Å². The molecular weight excluding hydrogens is 292 g/mol. The van der Waals surface area contributed by atoms with Gasteiger partial charge in [0.2, 0.25) is 0 Å². The third kappa shape index (κ3) is 3.01. The van der Waals surface area contributed by atoms with Gasteiger partial charge in [-0.2, -0.15) is 0 Å². The summed E-state index contributed by atoms with van der Waals surface area (Å²) in [6, 6.07) is 4.86. The van der Waals surface area contributed by atoms with Crippen molar-refractivity contribution >= 4 is 37.9 Å². The van der Waals surface area contributed by atoms with Gasteiger partial charge >= 0.3 is 0 Å². The first-order valence-corrected chi connectivity index (χ1v) is 8.24. The van der Waals surface area contributed by atoms with E-state index in [-0.39, 0.29) is 4.90 Å². The third-order valence-electron chi connectivity index (χ3n) is 2.32. The van der Waals surface area contributed by atoms with Crippen LogP contribution in [0.3, 0.4) is 0 Å². The van der Waals surface area contributed by atoms with Crippen molar-refractivity contribution < 1.29 is 8.42 Å². The van der Waals surface area contributed by atoms with Gasteiger partial charge in [0.1, 0.15) is 0 Å². The molecule has 1 aromatic heterocycles. The molecule has 2 rings (SSSR count). The van der Waals surface area contributed by atoms with E-state index in [9.17, 15) is 8.42 Å². The van der Waals surface area contributed by atoms with E-state index >= 15 is 0 Å². The molecule has 1 N–H and O–H groups in total. The van der Waals surface area contributed by atoms with Gasteiger partial charge in [-0.15, -0.1) is 11.3 Å². The average Bonchev–Trinajstić information content (AvgIpc) is 2.78. The van der Waals surface area contributed by atoms with Gasteiger partial charge in [0, 0.05) is 35.0 Å². The summed E-state index contributed by atoms with van der Waals surface area (Å²) in [7, 11) is -3.29. The summed E-state index contributed by atoms with van der Waals surface area (Å²) in [5.41, 5.74) is 0.567. The van der Waals surface area contributed by atoms with Crippen LogP contribution in [0.25, 0.3) is 0 Å². The maximum Gasteiger partial charge on any atom is 0.182 e. The van der Waals surface area contributed by atoms with Crippen LogP contribution in [0.2, 0.25) is 5.02 Å². The van der Waals surface area contributed by atoms with Crippen LogP contribution in [0.4, 0.5) is 5.13 Å². The minimum Gasteiger partial charge on any atom is -0.357 e. The molecular formula is C11H11ClN2O2S2. The first-order valence-electron chi connectivity index (χ1n) is 5.09. The summed E-state index contributed by atoms with van der Waals surface area (Å²) >= 11 is 7.50.